The van der Waals surface area contributed by atoms with Crippen molar-refractivity contribution in [1.82, 2.24) is 25.5 Å². The first-order valence-corrected chi connectivity index (χ1v) is 6.82. The summed E-state index contributed by atoms with van der Waals surface area (Å²) in [4.78, 5) is 0. The van der Waals surface area contributed by atoms with E-state index in [-0.39, 0.29) is 5.54 Å². The molecule has 1 aromatic heterocycles. The highest BCUT2D eigenvalue weighted by Gasteiger charge is 2.14. The molecule has 18 heavy (non-hydrogen) atoms. The molecule has 2 rings (SSSR count). The highest BCUT2D eigenvalue weighted by atomic mass is 127. The van der Waals surface area contributed by atoms with Crippen LogP contribution in [0.3, 0.4) is 0 Å². The summed E-state index contributed by atoms with van der Waals surface area (Å²) in [6.45, 7) is 7.00. The van der Waals surface area contributed by atoms with Crippen LogP contribution in [0.2, 0.25) is 0 Å². The van der Waals surface area contributed by atoms with E-state index in [1.807, 2.05) is 24.3 Å². The molecule has 1 N–H and O–H groups in total. The van der Waals surface area contributed by atoms with Crippen LogP contribution in [-0.4, -0.2) is 25.7 Å². The average molecular weight is 357 g/mol. The second kappa shape index (κ2) is 5.31. The molecule has 0 fully saturated rings. The zero-order valence-electron chi connectivity index (χ0n) is 10.7. The zero-order valence-corrected chi connectivity index (χ0v) is 12.8. The van der Waals surface area contributed by atoms with Crippen LogP contribution in [0.25, 0.3) is 5.69 Å². The number of tetrazole rings is 1. The van der Waals surface area contributed by atoms with Crippen molar-refractivity contribution in [2.24, 2.45) is 0 Å². The van der Waals surface area contributed by atoms with E-state index < -0.39 is 0 Å². The van der Waals surface area contributed by atoms with Gasteiger partial charge in [0.2, 0.25) is 0 Å². The Labute approximate surface area is 120 Å². The molecule has 0 aliphatic rings. The second-order valence-corrected chi connectivity index (χ2v) is 6.22. The highest BCUT2D eigenvalue weighted by molar-refractivity contribution is 14.1. The first kappa shape index (κ1) is 13.4. The van der Waals surface area contributed by atoms with Crippen molar-refractivity contribution in [2.45, 2.75) is 32.9 Å². The van der Waals surface area contributed by atoms with Crippen molar-refractivity contribution in [3.05, 3.63) is 33.7 Å². The third-order valence-electron chi connectivity index (χ3n) is 2.39. The fourth-order valence-corrected chi connectivity index (χ4v) is 2.09. The Morgan fingerprint density at radius 1 is 1.28 bits per heavy atom. The van der Waals surface area contributed by atoms with Gasteiger partial charge in [-0.2, -0.15) is 4.68 Å². The van der Waals surface area contributed by atoms with Crippen LogP contribution in [-0.2, 0) is 6.54 Å². The summed E-state index contributed by atoms with van der Waals surface area (Å²) in [5, 5.41) is 15.3. The second-order valence-electron chi connectivity index (χ2n) is 5.06. The van der Waals surface area contributed by atoms with Gasteiger partial charge in [0.1, 0.15) is 0 Å². The summed E-state index contributed by atoms with van der Waals surface area (Å²) in [5.41, 5.74) is 1.05. The fourth-order valence-electron chi connectivity index (χ4n) is 1.47. The number of nitrogens with zero attached hydrogens (tertiary/aromatic N) is 4. The number of hydrogen-bond donors (Lipinski definition) is 1. The topological polar surface area (TPSA) is 55.6 Å². The number of halogens is 1. The molecule has 6 heteroatoms. The molecular formula is C12H16IN5. The molecule has 1 aromatic carbocycles. The van der Waals surface area contributed by atoms with E-state index >= 15 is 0 Å². The van der Waals surface area contributed by atoms with E-state index in [0.29, 0.717) is 6.54 Å². The van der Waals surface area contributed by atoms with Crippen LogP contribution < -0.4 is 5.32 Å². The van der Waals surface area contributed by atoms with Crippen LogP contribution in [0.15, 0.2) is 24.3 Å². The number of aromatic nitrogens is 4. The molecule has 0 amide bonds. The van der Waals surface area contributed by atoms with Crippen molar-refractivity contribution in [2.75, 3.05) is 0 Å². The van der Waals surface area contributed by atoms with Gasteiger partial charge in [0.05, 0.1) is 12.2 Å². The van der Waals surface area contributed by atoms with Crippen molar-refractivity contribution in [3.8, 4) is 5.69 Å². The normalized spacial score (nSPS) is 11.8. The minimum absolute atomic E-state index is 0.0423. The molecule has 96 valence electrons. The molecule has 1 heterocycles. The monoisotopic (exact) mass is 357 g/mol. The lowest BCUT2D eigenvalue weighted by atomic mass is 10.1. The first-order valence-electron chi connectivity index (χ1n) is 5.74. The average Bonchev–Trinajstić information content (AvgIpc) is 2.74. The Kier molecular flexibility index (Phi) is 3.96. The zero-order chi connectivity index (χ0) is 13.2. The molecule has 0 unspecified atom stereocenters. The van der Waals surface area contributed by atoms with Gasteiger partial charge in [-0.25, -0.2) is 0 Å². The van der Waals surface area contributed by atoms with Crippen LogP contribution in [0, 0.1) is 3.57 Å². The lowest BCUT2D eigenvalue weighted by Gasteiger charge is -2.20. The minimum Gasteiger partial charge on any atom is -0.305 e. The Hall–Kier alpha value is -1.02. The van der Waals surface area contributed by atoms with Gasteiger partial charge in [-0.1, -0.05) is 12.1 Å². The van der Waals surface area contributed by atoms with E-state index in [1.165, 1.54) is 0 Å². The lowest BCUT2D eigenvalue weighted by molar-refractivity contribution is 0.415. The van der Waals surface area contributed by atoms with Gasteiger partial charge in [-0.3, -0.25) is 0 Å². The molecule has 0 aliphatic carbocycles. The first-order chi connectivity index (χ1) is 8.47. The maximum Gasteiger partial charge on any atom is 0.170 e. The number of nitrogens with one attached hydrogen (secondary N) is 1. The van der Waals surface area contributed by atoms with Crippen molar-refractivity contribution >= 4 is 22.6 Å². The summed E-state index contributed by atoms with van der Waals surface area (Å²) in [6.07, 6.45) is 0. The maximum absolute atomic E-state index is 4.07. The molecule has 0 aliphatic heterocycles. The SMILES string of the molecule is CC(C)(C)NCc1nnnn1-c1ccccc1I. The molecule has 0 atom stereocenters. The van der Waals surface area contributed by atoms with Crippen LogP contribution >= 0.6 is 22.6 Å². The summed E-state index contributed by atoms with van der Waals surface area (Å²) >= 11 is 2.29. The van der Waals surface area contributed by atoms with E-state index in [2.05, 4.69) is 64.2 Å². The standard InChI is InChI=1S/C12H16IN5/c1-12(2,3)14-8-11-15-16-17-18(11)10-7-5-4-6-9(10)13/h4-7,14H,8H2,1-3H3. The molecular weight excluding hydrogens is 341 g/mol. The van der Waals surface area contributed by atoms with Gasteiger partial charge in [-0.05, 0) is 65.9 Å². The Morgan fingerprint density at radius 3 is 2.67 bits per heavy atom. The smallest absolute Gasteiger partial charge is 0.170 e. The molecule has 0 radical (unpaired) electrons. The molecule has 0 bridgehead atoms. The van der Waals surface area contributed by atoms with Gasteiger partial charge in [0, 0.05) is 9.11 Å². The third kappa shape index (κ3) is 3.26. The van der Waals surface area contributed by atoms with Gasteiger partial charge in [-0.15, -0.1) is 5.10 Å². The Bertz CT molecular complexity index is 529. The predicted octanol–water partition coefficient (Wildman–Crippen LogP) is 2.15. The molecule has 0 spiro atoms. The molecule has 2 aromatic rings. The maximum atomic E-state index is 4.07. The Morgan fingerprint density at radius 2 is 2.00 bits per heavy atom. The van der Waals surface area contributed by atoms with Crippen molar-refractivity contribution in [3.63, 3.8) is 0 Å². The summed E-state index contributed by atoms with van der Waals surface area (Å²) < 4.78 is 2.90. The van der Waals surface area contributed by atoms with Crippen molar-refractivity contribution < 1.29 is 0 Å². The van der Waals surface area contributed by atoms with Gasteiger partial charge >= 0.3 is 0 Å². The summed E-state index contributed by atoms with van der Waals surface area (Å²) in [7, 11) is 0. The van der Waals surface area contributed by atoms with Crippen LogP contribution in [0.5, 0.6) is 0 Å². The van der Waals surface area contributed by atoms with E-state index in [9.17, 15) is 0 Å². The Balaban J connectivity index is 2.26. The lowest BCUT2D eigenvalue weighted by Crippen LogP contribution is -2.36. The van der Waals surface area contributed by atoms with Crippen LogP contribution in [0.1, 0.15) is 26.6 Å². The fraction of sp³-hybridized carbons (Fsp3) is 0.417. The van der Waals surface area contributed by atoms with E-state index in [0.717, 1.165) is 15.1 Å². The molecule has 0 saturated carbocycles. The number of hydrogen-bond acceptors (Lipinski definition) is 4. The largest absolute Gasteiger partial charge is 0.305 e. The van der Waals surface area contributed by atoms with Gasteiger partial charge in [0.25, 0.3) is 0 Å². The van der Waals surface area contributed by atoms with Crippen LogP contribution in [0.4, 0.5) is 0 Å². The van der Waals surface area contributed by atoms with Crippen molar-refractivity contribution in [1.29, 1.82) is 0 Å². The highest BCUT2D eigenvalue weighted by Crippen LogP contribution is 2.16. The van der Waals surface area contributed by atoms with E-state index in [1.54, 1.807) is 4.68 Å². The van der Waals surface area contributed by atoms with E-state index in [4.69, 9.17) is 0 Å². The minimum atomic E-state index is 0.0423. The quantitative estimate of drug-likeness (QED) is 0.856. The molecule has 0 saturated heterocycles. The molecule has 5 nitrogen and oxygen atoms in total. The summed E-state index contributed by atoms with van der Waals surface area (Å²) in [5.74, 6) is 0.814. The number of benzene rings is 1. The third-order valence-corrected chi connectivity index (χ3v) is 3.30. The summed E-state index contributed by atoms with van der Waals surface area (Å²) in [6, 6.07) is 8.04. The predicted molar refractivity (Wildman–Crippen MR) is 78.5 cm³/mol. The number of para-hydroxylation sites is 1. The van der Waals surface area contributed by atoms with Gasteiger partial charge < -0.3 is 5.32 Å². The van der Waals surface area contributed by atoms with Gasteiger partial charge in [0.15, 0.2) is 5.82 Å². The number of rotatable bonds is 3.